The van der Waals surface area contributed by atoms with E-state index in [1.165, 1.54) is 24.3 Å². The van der Waals surface area contributed by atoms with E-state index in [1.54, 1.807) is 6.07 Å². The lowest BCUT2D eigenvalue weighted by Crippen LogP contribution is -2.34. The molecule has 0 spiro atoms. The molecule has 0 bridgehead atoms. The van der Waals surface area contributed by atoms with Crippen LogP contribution in [0.1, 0.15) is 5.56 Å². The molecule has 0 saturated heterocycles. The standard InChI is InChI=1S/C12H12F2N2O4/c13-12(14)10(17)7-15-11(18)6-5-8-3-1-2-4-9(8)16(19)20/h1-6,10,12,17H,7H2,(H,15,18)/b6-5+. The van der Waals surface area contributed by atoms with Gasteiger partial charge in [0.05, 0.1) is 10.5 Å². The van der Waals surface area contributed by atoms with Gasteiger partial charge in [-0.05, 0) is 12.1 Å². The van der Waals surface area contributed by atoms with Gasteiger partial charge in [0.15, 0.2) is 0 Å². The Morgan fingerprint density at radius 3 is 2.70 bits per heavy atom. The van der Waals surface area contributed by atoms with Crippen molar-refractivity contribution >= 4 is 17.7 Å². The summed E-state index contributed by atoms with van der Waals surface area (Å²) in [4.78, 5) is 21.4. The van der Waals surface area contributed by atoms with E-state index in [1.807, 2.05) is 0 Å². The molecule has 0 heterocycles. The molecule has 0 aliphatic carbocycles. The first-order chi connectivity index (χ1) is 9.41. The first-order valence-electron chi connectivity index (χ1n) is 5.57. The third-order valence-corrected chi connectivity index (χ3v) is 2.32. The van der Waals surface area contributed by atoms with Gasteiger partial charge in [-0.1, -0.05) is 12.1 Å². The van der Waals surface area contributed by atoms with Crippen molar-refractivity contribution in [1.82, 2.24) is 5.32 Å². The van der Waals surface area contributed by atoms with Crippen LogP contribution in [-0.2, 0) is 4.79 Å². The fourth-order valence-electron chi connectivity index (χ4n) is 1.31. The lowest BCUT2D eigenvalue weighted by atomic mass is 10.1. The second kappa shape index (κ2) is 7.29. The number of alkyl halides is 2. The van der Waals surface area contributed by atoms with E-state index < -0.39 is 29.9 Å². The average Bonchev–Trinajstić information content (AvgIpc) is 2.42. The van der Waals surface area contributed by atoms with Crippen molar-refractivity contribution in [3.05, 3.63) is 46.0 Å². The Morgan fingerprint density at radius 1 is 1.45 bits per heavy atom. The van der Waals surface area contributed by atoms with Crippen molar-refractivity contribution in [3.8, 4) is 0 Å². The van der Waals surface area contributed by atoms with Gasteiger partial charge in [-0.3, -0.25) is 14.9 Å². The van der Waals surface area contributed by atoms with Crippen LogP contribution in [0.15, 0.2) is 30.3 Å². The summed E-state index contributed by atoms with van der Waals surface area (Å²) in [6, 6.07) is 5.76. The third-order valence-electron chi connectivity index (χ3n) is 2.32. The Morgan fingerprint density at radius 2 is 2.10 bits per heavy atom. The highest BCUT2D eigenvalue weighted by atomic mass is 19.3. The fraction of sp³-hybridized carbons (Fsp3) is 0.250. The van der Waals surface area contributed by atoms with E-state index in [-0.39, 0.29) is 11.3 Å². The van der Waals surface area contributed by atoms with E-state index in [0.29, 0.717) is 0 Å². The zero-order chi connectivity index (χ0) is 15.1. The maximum Gasteiger partial charge on any atom is 0.276 e. The number of nitrogens with zero attached hydrogens (tertiary/aromatic N) is 1. The zero-order valence-electron chi connectivity index (χ0n) is 10.2. The molecule has 20 heavy (non-hydrogen) atoms. The fourth-order valence-corrected chi connectivity index (χ4v) is 1.31. The Kier molecular flexibility index (Phi) is 5.73. The van der Waals surface area contributed by atoms with Crippen molar-refractivity contribution in [1.29, 1.82) is 0 Å². The van der Waals surface area contributed by atoms with Gasteiger partial charge in [0.25, 0.3) is 12.1 Å². The molecule has 0 aliphatic heterocycles. The van der Waals surface area contributed by atoms with E-state index >= 15 is 0 Å². The predicted molar refractivity (Wildman–Crippen MR) is 67.2 cm³/mol. The normalized spacial score (nSPS) is 12.6. The number of benzene rings is 1. The number of nitrogens with one attached hydrogen (secondary N) is 1. The number of nitro benzene ring substituents is 1. The van der Waals surface area contributed by atoms with Crippen molar-refractivity contribution in [2.24, 2.45) is 0 Å². The molecule has 0 saturated carbocycles. The summed E-state index contributed by atoms with van der Waals surface area (Å²) in [5.41, 5.74) is 0.0335. The number of halogens is 2. The second-order valence-corrected chi connectivity index (χ2v) is 3.80. The first-order valence-corrected chi connectivity index (χ1v) is 5.57. The van der Waals surface area contributed by atoms with Crippen LogP contribution in [0.2, 0.25) is 0 Å². The van der Waals surface area contributed by atoms with Gasteiger partial charge in [0.1, 0.15) is 6.10 Å². The number of amides is 1. The molecule has 0 aromatic heterocycles. The highest BCUT2D eigenvalue weighted by Gasteiger charge is 2.16. The van der Waals surface area contributed by atoms with Gasteiger partial charge in [0.2, 0.25) is 5.91 Å². The molecule has 1 amide bonds. The summed E-state index contributed by atoms with van der Waals surface area (Å²) in [6.45, 7) is -0.599. The highest BCUT2D eigenvalue weighted by Crippen LogP contribution is 2.18. The first kappa shape index (κ1) is 15.7. The van der Waals surface area contributed by atoms with Crippen LogP contribution < -0.4 is 5.32 Å². The lowest BCUT2D eigenvalue weighted by molar-refractivity contribution is -0.385. The maximum absolute atomic E-state index is 12.0. The number of nitro groups is 1. The maximum atomic E-state index is 12.0. The topological polar surface area (TPSA) is 92.5 Å². The summed E-state index contributed by atoms with van der Waals surface area (Å²) in [5.74, 6) is -0.733. The quantitative estimate of drug-likeness (QED) is 0.469. The number of hydrogen-bond donors (Lipinski definition) is 2. The molecule has 0 radical (unpaired) electrons. The SMILES string of the molecule is O=C(/C=C/c1ccccc1[N+](=O)[O-])NCC(O)C(F)F. The molecule has 1 rings (SSSR count). The summed E-state index contributed by atoms with van der Waals surface area (Å²) in [7, 11) is 0. The van der Waals surface area contributed by atoms with E-state index in [0.717, 1.165) is 6.08 Å². The minimum Gasteiger partial charge on any atom is -0.385 e. The number of aliphatic hydroxyl groups is 1. The van der Waals surface area contributed by atoms with Crippen LogP contribution >= 0.6 is 0 Å². The molecule has 1 unspecified atom stereocenters. The third kappa shape index (κ3) is 4.73. The molecule has 2 N–H and O–H groups in total. The van der Waals surface area contributed by atoms with Gasteiger partial charge in [-0.25, -0.2) is 8.78 Å². The number of aliphatic hydroxyl groups excluding tert-OH is 1. The van der Waals surface area contributed by atoms with Crippen LogP contribution in [0.3, 0.4) is 0 Å². The van der Waals surface area contributed by atoms with E-state index in [2.05, 4.69) is 5.32 Å². The Labute approximate surface area is 112 Å². The van der Waals surface area contributed by atoms with Gasteiger partial charge < -0.3 is 10.4 Å². The van der Waals surface area contributed by atoms with Crippen molar-refractivity contribution in [2.45, 2.75) is 12.5 Å². The molecule has 1 aromatic rings. The van der Waals surface area contributed by atoms with Gasteiger partial charge in [-0.2, -0.15) is 0 Å². The molecule has 8 heteroatoms. The molecule has 0 aliphatic rings. The Balaban J connectivity index is 2.64. The van der Waals surface area contributed by atoms with Crippen molar-refractivity contribution in [3.63, 3.8) is 0 Å². The molecular weight excluding hydrogens is 274 g/mol. The number of carbonyl (C=O) groups is 1. The number of rotatable bonds is 6. The summed E-state index contributed by atoms with van der Waals surface area (Å²) < 4.78 is 24.0. The smallest absolute Gasteiger partial charge is 0.276 e. The van der Waals surface area contributed by atoms with Crippen LogP contribution in [0, 0.1) is 10.1 Å². The second-order valence-electron chi connectivity index (χ2n) is 3.80. The predicted octanol–water partition coefficient (Wildman–Crippen LogP) is 1.35. The van der Waals surface area contributed by atoms with Crippen LogP contribution in [0.5, 0.6) is 0 Å². The highest BCUT2D eigenvalue weighted by molar-refractivity contribution is 5.92. The average molecular weight is 286 g/mol. The molecule has 0 fully saturated rings. The van der Waals surface area contributed by atoms with Crippen molar-refractivity contribution < 1.29 is 23.6 Å². The van der Waals surface area contributed by atoms with Gasteiger partial charge in [-0.15, -0.1) is 0 Å². The van der Waals surface area contributed by atoms with E-state index in [4.69, 9.17) is 5.11 Å². The van der Waals surface area contributed by atoms with Crippen molar-refractivity contribution in [2.75, 3.05) is 6.54 Å². The zero-order valence-corrected chi connectivity index (χ0v) is 10.2. The number of hydrogen-bond acceptors (Lipinski definition) is 4. The number of carbonyl (C=O) groups excluding carboxylic acids is 1. The largest absolute Gasteiger partial charge is 0.385 e. The summed E-state index contributed by atoms with van der Waals surface area (Å²) in [5, 5.41) is 21.6. The van der Waals surface area contributed by atoms with Crippen LogP contribution in [-0.4, -0.2) is 35.0 Å². The van der Waals surface area contributed by atoms with Gasteiger partial charge >= 0.3 is 0 Å². The minimum absolute atomic E-state index is 0.177. The lowest BCUT2D eigenvalue weighted by Gasteiger charge is -2.08. The summed E-state index contributed by atoms with van der Waals surface area (Å²) in [6.07, 6.45) is -2.73. The minimum atomic E-state index is -2.95. The van der Waals surface area contributed by atoms with Crippen LogP contribution in [0.25, 0.3) is 6.08 Å². The van der Waals surface area contributed by atoms with Crippen LogP contribution in [0.4, 0.5) is 14.5 Å². The molecule has 108 valence electrons. The Bertz CT molecular complexity index is 520. The monoisotopic (exact) mass is 286 g/mol. The van der Waals surface area contributed by atoms with Gasteiger partial charge in [0, 0.05) is 18.7 Å². The summed E-state index contributed by atoms with van der Waals surface area (Å²) >= 11 is 0. The molecule has 1 atom stereocenters. The molecule has 1 aromatic carbocycles. The Hall–Kier alpha value is -2.35. The molecular formula is C12H12F2N2O4. The van der Waals surface area contributed by atoms with E-state index in [9.17, 15) is 23.7 Å². The molecule has 6 nitrogen and oxygen atoms in total. The number of para-hydroxylation sites is 1.